The highest BCUT2D eigenvalue weighted by molar-refractivity contribution is 6.04. The lowest BCUT2D eigenvalue weighted by molar-refractivity contribution is -0.193. The Kier molecular flexibility index (Phi) is 13.1. The van der Waals surface area contributed by atoms with Gasteiger partial charge in [-0.15, -0.1) is 0 Å². The van der Waals surface area contributed by atoms with Crippen LogP contribution in [0.5, 0.6) is 0 Å². The molecule has 3 aromatic rings. The number of piperazine rings is 1. The fourth-order valence-electron chi connectivity index (χ4n) is 4.08. The quantitative estimate of drug-likeness (QED) is 0.288. The summed E-state index contributed by atoms with van der Waals surface area (Å²) in [6.45, 7) is 5.85. The SMILES string of the molecule is CC1CN(Cc2ccc(C#N)cc2)CCN1c1ccc(NC(=O)c2ccccc2F)cc1.O=C(O)C(F)(F)F.O=C(O)C(F)(F)F. The summed E-state index contributed by atoms with van der Waals surface area (Å²) in [5, 5.41) is 26.0. The van der Waals surface area contributed by atoms with Gasteiger partial charge in [-0.1, -0.05) is 24.3 Å². The van der Waals surface area contributed by atoms with Crippen LogP contribution in [-0.2, 0) is 16.1 Å². The van der Waals surface area contributed by atoms with Gasteiger partial charge in [0.25, 0.3) is 5.91 Å². The lowest BCUT2D eigenvalue weighted by Gasteiger charge is -2.41. The van der Waals surface area contributed by atoms with Gasteiger partial charge in [0.05, 0.1) is 17.2 Å². The zero-order valence-electron chi connectivity index (χ0n) is 23.9. The van der Waals surface area contributed by atoms with E-state index in [1.807, 2.05) is 48.5 Å². The second kappa shape index (κ2) is 16.2. The van der Waals surface area contributed by atoms with Crippen LogP contribution in [-0.4, -0.2) is 71.0 Å². The number of nitriles is 1. The van der Waals surface area contributed by atoms with E-state index in [0.717, 1.165) is 31.9 Å². The molecule has 0 spiro atoms. The molecule has 4 rings (SSSR count). The van der Waals surface area contributed by atoms with Crippen molar-refractivity contribution in [1.82, 2.24) is 4.90 Å². The molecule has 0 aliphatic carbocycles. The summed E-state index contributed by atoms with van der Waals surface area (Å²) in [7, 11) is 0. The second-order valence-electron chi connectivity index (χ2n) is 9.67. The van der Waals surface area contributed by atoms with Crippen LogP contribution in [0.1, 0.15) is 28.4 Å². The molecule has 3 aromatic carbocycles. The summed E-state index contributed by atoms with van der Waals surface area (Å²) in [6, 6.07) is 23.9. The number of hydrogen-bond donors (Lipinski definition) is 3. The van der Waals surface area contributed by atoms with Gasteiger partial charge in [-0.25, -0.2) is 14.0 Å². The Morgan fingerprint density at radius 2 is 1.39 bits per heavy atom. The van der Waals surface area contributed by atoms with E-state index >= 15 is 0 Å². The van der Waals surface area contributed by atoms with Crippen LogP contribution in [0.25, 0.3) is 0 Å². The third kappa shape index (κ3) is 11.7. The molecule has 1 saturated heterocycles. The summed E-state index contributed by atoms with van der Waals surface area (Å²) in [5.74, 6) is -6.50. The van der Waals surface area contributed by atoms with Gasteiger partial charge in [0.15, 0.2) is 0 Å². The van der Waals surface area contributed by atoms with Crippen LogP contribution < -0.4 is 10.2 Å². The van der Waals surface area contributed by atoms with Crippen LogP contribution in [0.3, 0.4) is 0 Å². The number of aliphatic carboxylic acids is 2. The van der Waals surface area contributed by atoms with Gasteiger partial charge in [0, 0.05) is 43.6 Å². The minimum absolute atomic E-state index is 0.0311. The highest BCUT2D eigenvalue weighted by atomic mass is 19.4. The molecular formula is C30H27F7N4O5. The molecule has 1 aliphatic rings. The van der Waals surface area contributed by atoms with Crippen molar-refractivity contribution in [2.24, 2.45) is 0 Å². The lowest BCUT2D eigenvalue weighted by Crippen LogP contribution is -2.51. The summed E-state index contributed by atoms with van der Waals surface area (Å²) >= 11 is 0. The molecule has 0 aromatic heterocycles. The van der Waals surface area contributed by atoms with Gasteiger partial charge >= 0.3 is 24.3 Å². The van der Waals surface area contributed by atoms with Gasteiger partial charge < -0.3 is 20.4 Å². The number of carbonyl (C=O) groups is 3. The summed E-state index contributed by atoms with van der Waals surface area (Å²) in [5.41, 5.74) is 3.65. The molecule has 16 heteroatoms. The van der Waals surface area contributed by atoms with E-state index in [2.05, 4.69) is 28.1 Å². The molecule has 1 amide bonds. The third-order valence-corrected chi connectivity index (χ3v) is 6.26. The molecule has 1 unspecified atom stereocenters. The number of hydrogen-bond acceptors (Lipinski definition) is 6. The van der Waals surface area contributed by atoms with Crippen molar-refractivity contribution in [1.29, 1.82) is 5.26 Å². The molecular weight excluding hydrogens is 629 g/mol. The number of carboxylic acid groups (broad SMARTS) is 2. The largest absolute Gasteiger partial charge is 0.490 e. The Labute approximate surface area is 258 Å². The van der Waals surface area contributed by atoms with Crippen molar-refractivity contribution in [3.8, 4) is 6.07 Å². The molecule has 1 fully saturated rings. The Hall–Kier alpha value is -5.17. The Morgan fingerprint density at radius 3 is 1.85 bits per heavy atom. The van der Waals surface area contributed by atoms with Crippen molar-refractivity contribution >= 4 is 29.2 Å². The zero-order valence-corrected chi connectivity index (χ0v) is 23.9. The third-order valence-electron chi connectivity index (χ3n) is 6.26. The number of anilines is 2. The average molecular weight is 657 g/mol. The maximum atomic E-state index is 13.8. The summed E-state index contributed by atoms with van der Waals surface area (Å²) < 4.78 is 77.3. The predicted octanol–water partition coefficient (Wildman–Crippen LogP) is 5.93. The Morgan fingerprint density at radius 1 is 0.870 bits per heavy atom. The maximum absolute atomic E-state index is 13.8. The molecule has 0 radical (unpaired) electrons. The number of rotatable bonds is 5. The fraction of sp³-hybridized carbons (Fsp3) is 0.267. The first kappa shape index (κ1) is 37.0. The van der Waals surface area contributed by atoms with E-state index in [9.17, 15) is 35.5 Å². The van der Waals surface area contributed by atoms with Crippen molar-refractivity contribution in [3.05, 3.63) is 95.3 Å². The molecule has 1 heterocycles. The number of nitrogens with zero attached hydrogens (tertiary/aromatic N) is 3. The zero-order chi connectivity index (χ0) is 34.7. The number of carboxylic acids is 2. The number of halogens is 7. The number of carbonyl (C=O) groups excluding carboxylic acids is 1. The second-order valence-corrected chi connectivity index (χ2v) is 9.67. The van der Waals surface area contributed by atoms with Crippen molar-refractivity contribution in [2.45, 2.75) is 31.9 Å². The highest BCUT2D eigenvalue weighted by Gasteiger charge is 2.38. The summed E-state index contributed by atoms with van der Waals surface area (Å²) in [6.07, 6.45) is -10.2. The van der Waals surface area contributed by atoms with E-state index in [1.54, 1.807) is 12.1 Å². The standard InChI is InChI=1S/C26H25FN4O.2C2HF3O2/c1-19-17-30(18-21-8-6-20(16-28)7-9-21)14-15-31(19)23-12-10-22(11-13-23)29-26(32)24-4-2-3-5-25(24)27;2*3-2(4,5)1(6)7/h2-13,19H,14-15,17-18H2,1H3,(H,29,32);2*(H,6,7). The molecule has 0 saturated carbocycles. The van der Waals surface area contributed by atoms with Crippen LogP contribution in [0.15, 0.2) is 72.8 Å². The van der Waals surface area contributed by atoms with Crippen LogP contribution >= 0.6 is 0 Å². The Bertz CT molecular complexity index is 1500. The molecule has 1 atom stereocenters. The van der Waals surface area contributed by atoms with Crippen LogP contribution in [0.2, 0.25) is 0 Å². The average Bonchev–Trinajstić information content (AvgIpc) is 2.98. The van der Waals surface area contributed by atoms with Gasteiger partial charge in [-0.2, -0.15) is 31.6 Å². The molecule has 1 aliphatic heterocycles. The predicted molar refractivity (Wildman–Crippen MR) is 151 cm³/mol. The maximum Gasteiger partial charge on any atom is 0.490 e. The summed E-state index contributed by atoms with van der Waals surface area (Å²) in [4.78, 5) is 34.9. The van der Waals surface area contributed by atoms with E-state index in [-0.39, 0.29) is 5.56 Å². The normalized spacial score (nSPS) is 14.8. The van der Waals surface area contributed by atoms with Gasteiger partial charge in [-0.3, -0.25) is 9.69 Å². The number of nitrogens with one attached hydrogen (secondary N) is 1. The number of benzene rings is 3. The minimum Gasteiger partial charge on any atom is -0.475 e. The van der Waals surface area contributed by atoms with Crippen LogP contribution in [0, 0.1) is 17.1 Å². The van der Waals surface area contributed by atoms with E-state index in [4.69, 9.17) is 25.1 Å². The molecule has 3 N–H and O–H groups in total. The fourth-order valence-corrected chi connectivity index (χ4v) is 4.08. The minimum atomic E-state index is -5.08. The van der Waals surface area contributed by atoms with E-state index in [1.165, 1.54) is 17.7 Å². The first-order valence-corrected chi connectivity index (χ1v) is 13.2. The van der Waals surface area contributed by atoms with Gasteiger partial charge in [-0.05, 0) is 61.0 Å². The molecule has 46 heavy (non-hydrogen) atoms. The van der Waals surface area contributed by atoms with Crippen molar-refractivity contribution in [2.75, 3.05) is 29.9 Å². The number of amides is 1. The first-order valence-electron chi connectivity index (χ1n) is 13.2. The van der Waals surface area contributed by atoms with Crippen molar-refractivity contribution < 1.29 is 55.3 Å². The molecule has 246 valence electrons. The molecule has 0 bridgehead atoms. The molecule has 9 nitrogen and oxygen atoms in total. The van der Waals surface area contributed by atoms with Crippen LogP contribution in [0.4, 0.5) is 42.1 Å². The smallest absolute Gasteiger partial charge is 0.475 e. The Balaban J connectivity index is 0.000000440. The van der Waals surface area contributed by atoms with E-state index in [0.29, 0.717) is 17.3 Å². The van der Waals surface area contributed by atoms with E-state index < -0.39 is 36.0 Å². The first-order chi connectivity index (χ1) is 21.4. The van der Waals surface area contributed by atoms with Gasteiger partial charge in [0.1, 0.15) is 5.82 Å². The van der Waals surface area contributed by atoms with Crippen molar-refractivity contribution in [3.63, 3.8) is 0 Å². The topological polar surface area (TPSA) is 134 Å². The van der Waals surface area contributed by atoms with Gasteiger partial charge in [0.2, 0.25) is 0 Å². The highest BCUT2D eigenvalue weighted by Crippen LogP contribution is 2.24. The number of alkyl halides is 6. The monoisotopic (exact) mass is 656 g/mol. The lowest BCUT2D eigenvalue weighted by atomic mass is 10.1.